The summed E-state index contributed by atoms with van der Waals surface area (Å²) in [5.41, 5.74) is 4.52. The van der Waals surface area contributed by atoms with Crippen LogP contribution in [0.15, 0.2) is 48.5 Å². The molecule has 1 fully saturated rings. The van der Waals surface area contributed by atoms with Crippen LogP contribution in [0, 0.1) is 0 Å². The van der Waals surface area contributed by atoms with Gasteiger partial charge in [-0.15, -0.1) is 0 Å². The van der Waals surface area contributed by atoms with Crippen molar-refractivity contribution < 1.29 is 9.53 Å². The number of likely N-dealkylation sites (tertiary alicyclic amines) is 1. The van der Waals surface area contributed by atoms with Gasteiger partial charge >= 0.3 is 6.09 Å². The van der Waals surface area contributed by atoms with E-state index in [1.165, 1.54) is 11.3 Å². The first-order valence-electron chi connectivity index (χ1n) is 9.04. The number of nitrogens with one attached hydrogen (secondary N) is 1. The predicted octanol–water partition coefficient (Wildman–Crippen LogP) is 3.80. The number of carbonyl (C=O) groups excluding carboxylic acids is 1. The van der Waals surface area contributed by atoms with Crippen molar-refractivity contribution in [2.24, 2.45) is 0 Å². The van der Waals surface area contributed by atoms with Gasteiger partial charge in [0, 0.05) is 30.4 Å². The van der Waals surface area contributed by atoms with E-state index in [-0.39, 0.29) is 12.0 Å². The Hall–Kier alpha value is -2.53. The minimum absolute atomic E-state index is 0.126. The van der Waals surface area contributed by atoms with Crippen LogP contribution < -0.4 is 10.2 Å². The van der Waals surface area contributed by atoms with Crippen LogP contribution >= 0.6 is 0 Å². The maximum absolute atomic E-state index is 12.0. The zero-order chi connectivity index (χ0) is 18.3. The van der Waals surface area contributed by atoms with E-state index in [0.717, 1.165) is 24.2 Å². The Bertz CT molecular complexity index is 823. The average Bonchev–Trinajstić information content (AvgIpc) is 3.06. The summed E-state index contributed by atoms with van der Waals surface area (Å²) < 4.78 is 5.41. The van der Waals surface area contributed by atoms with E-state index in [2.05, 4.69) is 54.3 Å². The molecule has 1 unspecified atom stereocenters. The molecule has 5 heteroatoms. The highest BCUT2D eigenvalue weighted by molar-refractivity contribution is 5.84. The number of rotatable bonds is 3. The number of carbonyl (C=O) groups is 1. The molecule has 2 heterocycles. The molecule has 2 aliphatic rings. The zero-order valence-corrected chi connectivity index (χ0v) is 15.5. The molecular weight excluding hydrogens is 326 g/mol. The Morgan fingerprint density at radius 2 is 2.00 bits per heavy atom. The van der Waals surface area contributed by atoms with Gasteiger partial charge in [-0.1, -0.05) is 31.2 Å². The lowest BCUT2D eigenvalue weighted by Crippen LogP contribution is -2.45. The first kappa shape index (κ1) is 16.9. The third-order valence-electron chi connectivity index (χ3n) is 5.78. The molecular formula is C21H25N3O2. The highest BCUT2D eigenvalue weighted by atomic mass is 16.5. The Labute approximate surface area is 154 Å². The van der Waals surface area contributed by atoms with Crippen LogP contribution in [-0.4, -0.2) is 37.8 Å². The van der Waals surface area contributed by atoms with Gasteiger partial charge in [0.1, 0.15) is 6.61 Å². The first-order valence-corrected chi connectivity index (χ1v) is 9.04. The smallest absolute Gasteiger partial charge is 0.411 e. The van der Waals surface area contributed by atoms with Crippen molar-refractivity contribution in [2.75, 3.05) is 30.9 Å². The predicted molar refractivity (Wildman–Crippen MR) is 103 cm³/mol. The van der Waals surface area contributed by atoms with Crippen molar-refractivity contribution in [3.8, 4) is 0 Å². The summed E-state index contributed by atoms with van der Waals surface area (Å²) in [5.74, 6) is 0. The molecule has 2 aromatic carbocycles. The third kappa shape index (κ3) is 2.72. The van der Waals surface area contributed by atoms with Crippen molar-refractivity contribution in [1.82, 2.24) is 4.90 Å². The molecule has 1 N–H and O–H groups in total. The van der Waals surface area contributed by atoms with Crippen LogP contribution in [0.25, 0.3) is 0 Å². The number of hydrogen-bond acceptors (Lipinski definition) is 4. The topological polar surface area (TPSA) is 44.8 Å². The molecule has 2 atom stereocenters. The van der Waals surface area contributed by atoms with E-state index in [1.807, 2.05) is 30.3 Å². The van der Waals surface area contributed by atoms with E-state index in [4.69, 9.17) is 4.74 Å². The van der Waals surface area contributed by atoms with Gasteiger partial charge in [-0.25, -0.2) is 4.79 Å². The van der Waals surface area contributed by atoms with Gasteiger partial charge in [-0.3, -0.25) is 10.2 Å². The minimum atomic E-state index is -0.432. The van der Waals surface area contributed by atoms with Crippen LogP contribution in [0.1, 0.15) is 24.5 Å². The second-order valence-electron chi connectivity index (χ2n) is 7.55. The number of anilines is 2. The SMILES string of the molecule is CN1CC[C@]2(C)c3cc(COC(=O)Nc4ccccc4)ccc3N(C)C12. The zero-order valence-electron chi connectivity index (χ0n) is 15.5. The molecule has 2 aliphatic heterocycles. The monoisotopic (exact) mass is 351 g/mol. The number of para-hydroxylation sites is 1. The van der Waals surface area contributed by atoms with E-state index in [9.17, 15) is 4.79 Å². The number of hydrogen-bond donors (Lipinski definition) is 1. The average molecular weight is 351 g/mol. The summed E-state index contributed by atoms with van der Waals surface area (Å²) >= 11 is 0. The van der Waals surface area contributed by atoms with Crippen LogP contribution in [0.4, 0.5) is 16.2 Å². The van der Waals surface area contributed by atoms with Gasteiger partial charge in [0.05, 0.1) is 6.17 Å². The van der Waals surface area contributed by atoms with Crippen LogP contribution in [0.2, 0.25) is 0 Å². The molecule has 0 spiro atoms. The van der Waals surface area contributed by atoms with Crippen LogP contribution in [0.3, 0.4) is 0 Å². The van der Waals surface area contributed by atoms with Gasteiger partial charge in [-0.2, -0.15) is 0 Å². The van der Waals surface area contributed by atoms with Crippen LogP contribution in [0.5, 0.6) is 0 Å². The molecule has 4 rings (SSSR count). The van der Waals surface area contributed by atoms with Crippen molar-refractivity contribution >= 4 is 17.5 Å². The van der Waals surface area contributed by atoms with Crippen molar-refractivity contribution in [1.29, 1.82) is 0 Å². The fourth-order valence-electron chi connectivity index (χ4n) is 4.54. The van der Waals surface area contributed by atoms with Crippen molar-refractivity contribution in [3.05, 3.63) is 59.7 Å². The number of likely N-dealkylation sites (N-methyl/N-ethyl adjacent to an activating group) is 2. The molecule has 1 saturated heterocycles. The number of benzene rings is 2. The molecule has 0 bridgehead atoms. The number of fused-ring (bicyclic) bond motifs is 3. The van der Waals surface area contributed by atoms with E-state index >= 15 is 0 Å². The lowest BCUT2D eigenvalue weighted by Gasteiger charge is -2.32. The molecule has 2 aromatic rings. The summed E-state index contributed by atoms with van der Waals surface area (Å²) in [6.07, 6.45) is 1.11. The normalized spacial score (nSPS) is 24.3. The summed E-state index contributed by atoms with van der Waals surface area (Å²) in [4.78, 5) is 16.8. The molecule has 0 aromatic heterocycles. The van der Waals surface area contributed by atoms with Gasteiger partial charge < -0.3 is 9.64 Å². The maximum Gasteiger partial charge on any atom is 0.411 e. The number of nitrogens with zero attached hydrogens (tertiary/aromatic N) is 2. The third-order valence-corrected chi connectivity index (χ3v) is 5.78. The summed E-state index contributed by atoms with van der Waals surface area (Å²) in [7, 11) is 4.36. The molecule has 1 amide bonds. The van der Waals surface area contributed by atoms with Crippen LogP contribution in [-0.2, 0) is 16.8 Å². The Kier molecular flexibility index (Phi) is 4.11. The first-order chi connectivity index (χ1) is 12.5. The highest BCUT2D eigenvalue weighted by Crippen LogP contribution is 2.51. The quantitative estimate of drug-likeness (QED) is 0.913. The maximum atomic E-state index is 12.0. The van der Waals surface area contributed by atoms with Crippen molar-refractivity contribution in [3.63, 3.8) is 0 Å². The Balaban J connectivity index is 1.47. The molecule has 5 nitrogen and oxygen atoms in total. The van der Waals surface area contributed by atoms with E-state index in [1.54, 1.807) is 0 Å². The number of amides is 1. The molecule has 0 aliphatic carbocycles. The van der Waals surface area contributed by atoms with Gasteiger partial charge in [0.15, 0.2) is 0 Å². The van der Waals surface area contributed by atoms with Crippen molar-refractivity contribution in [2.45, 2.75) is 31.5 Å². The lowest BCUT2D eigenvalue weighted by molar-refractivity contribution is 0.155. The molecule has 136 valence electrons. The molecule has 26 heavy (non-hydrogen) atoms. The Morgan fingerprint density at radius 1 is 1.23 bits per heavy atom. The van der Waals surface area contributed by atoms with Gasteiger partial charge in [0.2, 0.25) is 0 Å². The molecule has 0 radical (unpaired) electrons. The minimum Gasteiger partial charge on any atom is -0.444 e. The van der Waals surface area contributed by atoms with Gasteiger partial charge in [-0.05, 0) is 48.9 Å². The highest BCUT2D eigenvalue weighted by Gasteiger charge is 2.52. The number of ether oxygens (including phenoxy) is 1. The second kappa shape index (κ2) is 6.32. The molecule has 0 saturated carbocycles. The fraction of sp³-hybridized carbons (Fsp3) is 0.381. The van der Waals surface area contributed by atoms with E-state index < -0.39 is 6.09 Å². The van der Waals surface area contributed by atoms with E-state index in [0.29, 0.717) is 6.17 Å². The lowest BCUT2D eigenvalue weighted by atomic mass is 9.81. The standard InChI is InChI=1S/C21H25N3O2/c1-21-11-12-23(2)19(21)24(3)18-10-9-15(13-17(18)21)14-26-20(25)22-16-7-5-4-6-8-16/h4-10,13,19H,11-12,14H2,1-3H3,(H,22,25)/t19?,21-/m1/s1. The second-order valence-corrected chi connectivity index (χ2v) is 7.55. The summed E-state index contributed by atoms with van der Waals surface area (Å²) in [5, 5.41) is 2.75. The Morgan fingerprint density at radius 3 is 2.77 bits per heavy atom. The summed E-state index contributed by atoms with van der Waals surface area (Å²) in [6, 6.07) is 15.8. The summed E-state index contributed by atoms with van der Waals surface area (Å²) in [6.45, 7) is 3.72. The largest absolute Gasteiger partial charge is 0.444 e. The van der Waals surface area contributed by atoms with Gasteiger partial charge in [0.25, 0.3) is 0 Å². The fourth-order valence-corrected chi connectivity index (χ4v) is 4.54.